The Labute approximate surface area is 130 Å². The topological polar surface area (TPSA) is 27.0 Å². The van der Waals surface area contributed by atoms with E-state index in [1.165, 1.54) is 4.88 Å². The largest absolute Gasteiger partial charge is 0.297 e. The van der Waals surface area contributed by atoms with E-state index in [1.807, 2.05) is 6.07 Å². The van der Waals surface area contributed by atoms with Crippen LogP contribution in [0.25, 0.3) is 0 Å². The van der Waals surface area contributed by atoms with Crippen LogP contribution >= 0.6 is 38.9 Å². The standard InChI is InChI=1S/C14H12BrClN2S/c1-18(8-13-5-12(15)9-19-13)7-11-3-2-10(6-17)4-14(11)16/h2-5,9H,7-8H2,1H3. The van der Waals surface area contributed by atoms with Gasteiger partial charge in [-0.15, -0.1) is 11.3 Å². The minimum Gasteiger partial charge on any atom is -0.297 e. The quantitative estimate of drug-likeness (QED) is 0.797. The summed E-state index contributed by atoms with van der Waals surface area (Å²) < 4.78 is 1.12. The van der Waals surface area contributed by atoms with Gasteiger partial charge in [0.15, 0.2) is 0 Å². The molecular formula is C14H12BrClN2S. The summed E-state index contributed by atoms with van der Waals surface area (Å²) >= 11 is 11.4. The van der Waals surface area contributed by atoms with Crippen molar-refractivity contribution in [2.24, 2.45) is 0 Å². The van der Waals surface area contributed by atoms with Gasteiger partial charge in [-0.1, -0.05) is 17.7 Å². The lowest BCUT2D eigenvalue weighted by Crippen LogP contribution is -2.16. The van der Waals surface area contributed by atoms with Crippen molar-refractivity contribution >= 4 is 38.9 Å². The van der Waals surface area contributed by atoms with E-state index in [2.05, 4.69) is 45.4 Å². The monoisotopic (exact) mass is 354 g/mol. The van der Waals surface area contributed by atoms with Crippen molar-refractivity contribution in [3.8, 4) is 6.07 Å². The number of nitriles is 1. The molecule has 0 N–H and O–H groups in total. The minimum absolute atomic E-state index is 0.596. The summed E-state index contributed by atoms with van der Waals surface area (Å²) in [7, 11) is 2.06. The maximum absolute atomic E-state index is 8.81. The van der Waals surface area contributed by atoms with E-state index in [0.29, 0.717) is 10.6 Å². The highest BCUT2D eigenvalue weighted by Crippen LogP contribution is 2.23. The van der Waals surface area contributed by atoms with Crippen molar-refractivity contribution in [3.63, 3.8) is 0 Å². The van der Waals surface area contributed by atoms with E-state index in [0.717, 1.165) is 23.1 Å². The van der Waals surface area contributed by atoms with Gasteiger partial charge in [-0.25, -0.2) is 0 Å². The second kappa shape index (κ2) is 6.53. The predicted octanol–water partition coefficient (Wildman–Crippen LogP) is 4.67. The zero-order valence-corrected chi connectivity index (χ0v) is 13.5. The zero-order valence-electron chi connectivity index (χ0n) is 10.4. The molecule has 2 nitrogen and oxygen atoms in total. The summed E-state index contributed by atoms with van der Waals surface area (Å²) in [6.07, 6.45) is 0. The average molecular weight is 356 g/mol. The summed E-state index contributed by atoms with van der Waals surface area (Å²) in [6.45, 7) is 1.65. The first kappa shape index (κ1) is 14.5. The molecule has 2 aromatic rings. The van der Waals surface area contributed by atoms with Crippen LogP contribution in [0.2, 0.25) is 5.02 Å². The number of nitrogens with zero attached hydrogens (tertiary/aromatic N) is 2. The third-order valence-electron chi connectivity index (χ3n) is 2.67. The van der Waals surface area contributed by atoms with Gasteiger partial charge in [-0.3, -0.25) is 4.90 Å². The van der Waals surface area contributed by atoms with Crippen molar-refractivity contribution in [1.82, 2.24) is 4.90 Å². The fourth-order valence-electron chi connectivity index (χ4n) is 1.79. The molecule has 5 heteroatoms. The Balaban J connectivity index is 2.03. The van der Waals surface area contributed by atoms with Crippen LogP contribution in [0, 0.1) is 11.3 Å². The van der Waals surface area contributed by atoms with Crippen LogP contribution in [0.1, 0.15) is 16.0 Å². The molecule has 0 atom stereocenters. The molecule has 0 fully saturated rings. The Hall–Kier alpha value is -0.860. The highest BCUT2D eigenvalue weighted by atomic mass is 79.9. The molecule has 98 valence electrons. The Bertz CT molecular complexity index is 618. The zero-order chi connectivity index (χ0) is 13.8. The number of hydrogen-bond acceptors (Lipinski definition) is 3. The Morgan fingerprint density at radius 2 is 2.16 bits per heavy atom. The number of rotatable bonds is 4. The van der Waals surface area contributed by atoms with Crippen LogP contribution in [0.4, 0.5) is 0 Å². The summed E-state index contributed by atoms with van der Waals surface area (Å²) in [5, 5.41) is 11.5. The van der Waals surface area contributed by atoms with Crippen LogP contribution in [-0.2, 0) is 13.1 Å². The molecule has 0 aliphatic heterocycles. The number of thiophene rings is 1. The second-order valence-corrected chi connectivity index (χ2v) is 6.64. The van der Waals surface area contributed by atoms with Crippen LogP contribution in [0.3, 0.4) is 0 Å². The Morgan fingerprint density at radius 3 is 2.74 bits per heavy atom. The number of halogens is 2. The van der Waals surface area contributed by atoms with Crippen LogP contribution in [0.15, 0.2) is 34.1 Å². The number of hydrogen-bond donors (Lipinski definition) is 0. The lowest BCUT2D eigenvalue weighted by molar-refractivity contribution is 0.322. The highest BCUT2D eigenvalue weighted by Gasteiger charge is 2.07. The molecule has 0 aliphatic carbocycles. The van der Waals surface area contributed by atoms with Crippen molar-refractivity contribution in [2.45, 2.75) is 13.1 Å². The van der Waals surface area contributed by atoms with E-state index in [1.54, 1.807) is 23.5 Å². The van der Waals surface area contributed by atoms with Gasteiger partial charge < -0.3 is 0 Å². The summed E-state index contributed by atoms with van der Waals surface area (Å²) in [5.74, 6) is 0. The van der Waals surface area contributed by atoms with Gasteiger partial charge >= 0.3 is 0 Å². The molecule has 0 spiro atoms. The Morgan fingerprint density at radius 1 is 1.37 bits per heavy atom. The first-order valence-electron chi connectivity index (χ1n) is 5.68. The second-order valence-electron chi connectivity index (χ2n) is 4.32. The highest BCUT2D eigenvalue weighted by molar-refractivity contribution is 9.10. The van der Waals surface area contributed by atoms with Crippen molar-refractivity contribution in [1.29, 1.82) is 5.26 Å². The molecule has 0 saturated carbocycles. The van der Waals surface area contributed by atoms with Gasteiger partial charge in [0, 0.05) is 32.8 Å². The molecule has 19 heavy (non-hydrogen) atoms. The smallest absolute Gasteiger partial charge is 0.0992 e. The Kier molecular flexibility index (Phi) is 5.00. The molecule has 0 bridgehead atoms. The molecule has 0 unspecified atom stereocenters. The van der Waals surface area contributed by atoms with Gasteiger partial charge in [0.05, 0.1) is 11.6 Å². The molecule has 1 aromatic carbocycles. The average Bonchev–Trinajstić information content (AvgIpc) is 2.77. The van der Waals surface area contributed by atoms with Crippen LogP contribution in [0.5, 0.6) is 0 Å². The van der Waals surface area contributed by atoms with Gasteiger partial charge in [-0.05, 0) is 46.7 Å². The number of benzene rings is 1. The molecular weight excluding hydrogens is 344 g/mol. The van der Waals surface area contributed by atoms with Crippen molar-refractivity contribution in [3.05, 3.63) is 55.1 Å². The van der Waals surface area contributed by atoms with E-state index < -0.39 is 0 Å². The van der Waals surface area contributed by atoms with Crippen LogP contribution < -0.4 is 0 Å². The third-order valence-corrected chi connectivity index (χ3v) is 4.70. The van der Waals surface area contributed by atoms with Crippen molar-refractivity contribution in [2.75, 3.05) is 7.05 Å². The predicted molar refractivity (Wildman–Crippen MR) is 83.4 cm³/mol. The lowest BCUT2D eigenvalue weighted by atomic mass is 10.1. The van der Waals surface area contributed by atoms with Gasteiger partial charge in [0.1, 0.15) is 0 Å². The van der Waals surface area contributed by atoms with E-state index in [9.17, 15) is 0 Å². The van der Waals surface area contributed by atoms with E-state index >= 15 is 0 Å². The summed E-state index contributed by atoms with van der Waals surface area (Å²) in [4.78, 5) is 3.50. The summed E-state index contributed by atoms with van der Waals surface area (Å²) in [5.41, 5.74) is 1.64. The first-order valence-corrected chi connectivity index (χ1v) is 7.73. The maximum atomic E-state index is 8.81. The SMILES string of the molecule is CN(Cc1cc(Br)cs1)Cc1ccc(C#N)cc1Cl. The molecule has 0 amide bonds. The third kappa shape index (κ3) is 4.05. The molecule has 0 radical (unpaired) electrons. The fraction of sp³-hybridized carbons (Fsp3) is 0.214. The van der Waals surface area contributed by atoms with Crippen molar-refractivity contribution < 1.29 is 0 Å². The maximum Gasteiger partial charge on any atom is 0.0992 e. The first-order chi connectivity index (χ1) is 9.08. The molecule has 2 rings (SSSR count). The van der Waals surface area contributed by atoms with E-state index in [4.69, 9.17) is 16.9 Å². The molecule has 0 saturated heterocycles. The van der Waals surface area contributed by atoms with E-state index in [-0.39, 0.29) is 0 Å². The summed E-state index contributed by atoms with van der Waals surface area (Å²) in [6, 6.07) is 9.65. The molecule has 0 aliphatic rings. The normalized spacial score (nSPS) is 10.7. The lowest BCUT2D eigenvalue weighted by Gasteiger charge is -2.16. The van der Waals surface area contributed by atoms with Gasteiger partial charge in [0.2, 0.25) is 0 Å². The molecule has 1 heterocycles. The van der Waals surface area contributed by atoms with Gasteiger partial charge in [-0.2, -0.15) is 5.26 Å². The minimum atomic E-state index is 0.596. The molecule has 1 aromatic heterocycles. The fourth-order valence-corrected chi connectivity index (χ4v) is 3.56. The van der Waals surface area contributed by atoms with Crippen LogP contribution in [-0.4, -0.2) is 11.9 Å². The van der Waals surface area contributed by atoms with Gasteiger partial charge in [0.25, 0.3) is 0 Å².